The zero-order valence-corrected chi connectivity index (χ0v) is 23.2. The third-order valence-corrected chi connectivity index (χ3v) is 6.66. The smallest absolute Gasteiger partial charge is 0.416 e. The Morgan fingerprint density at radius 1 is 1.15 bits per heavy atom. The summed E-state index contributed by atoms with van der Waals surface area (Å²) in [5, 5.41) is 8.76. The summed E-state index contributed by atoms with van der Waals surface area (Å²) in [5.41, 5.74) is 3.55. The van der Waals surface area contributed by atoms with Crippen LogP contribution in [0.2, 0.25) is 0 Å². The van der Waals surface area contributed by atoms with Crippen molar-refractivity contribution in [3.63, 3.8) is 0 Å². The molecule has 0 atom stereocenters. The summed E-state index contributed by atoms with van der Waals surface area (Å²) >= 11 is 4.59. The van der Waals surface area contributed by atoms with Crippen molar-refractivity contribution >= 4 is 50.2 Å². The predicted octanol–water partition coefficient (Wildman–Crippen LogP) is 7.09. The van der Waals surface area contributed by atoms with Gasteiger partial charge in [-0.1, -0.05) is 18.2 Å². The molecule has 1 amide bonds. The quantitative estimate of drug-likeness (QED) is 0.110. The molecule has 4 rings (SSSR count). The third-order valence-electron chi connectivity index (χ3n) is 5.26. The Morgan fingerprint density at radius 2 is 1.95 bits per heavy atom. The first-order valence-electron chi connectivity index (χ1n) is 11.6. The van der Waals surface area contributed by atoms with Crippen LogP contribution >= 0.6 is 27.3 Å². The molecule has 1 heterocycles. The maximum absolute atomic E-state index is 13.4. The van der Waals surface area contributed by atoms with Gasteiger partial charge in [0.1, 0.15) is 12.4 Å². The van der Waals surface area contributed by atoms with Crippen molar-refractivity contribution in [2.45, 2.75) is 19.2 Å². The van der Waals surface area contributed by atoms with Gasteiger partial charge in [-0.3, -0.25) is 4.79 Å². The van der Waals surface area contributed by atoms with Crippen LogP contribution in [0.3, 0.4) is 0 Å². The van der Waals surface area contributed by atoms with E-state index in [9.17, 15) is 22.4 Å². The minimum atomic E-state index is -4.45. The Morgan fingerprint density at radius 3 is 2.70 bits per heavy atom. The van der Waals surface area contributed by atoms with Crippen LogP contribution in [-0.2, 0) is 24.0 Å². The highest BCUT2D eigenvalue weighted by molar-refractivity contribution is 9.10. The molecule has 40 heavy (non-hydrogen) atoms. The standard InChI is InChI=1S/C27H21BrF4N4O3S/c1-38-23-10-17(9-22(28)25(23)39-14-16-4-2-6-19(29)8-16)13-33-36-24(37)12-21-15-40-26(35-21)34-20-7-3-5-18(11-20)27(30,31)32/h2-11,13,15H,12,14H2,1H3,(H,34,35)(H,36,37)/b33-13-. The minimum Gasteiger partial charge on any atom is -0.493 e. The van der Waals surface area contributed by atoms with E-state index >= 15 is 0 Å². The minimum absolute atomic E-state index is 0.0853. The summed E-state index contributed by atoms with van der Waals surface area (Å²) in [4.78, 5) is 16.6. The van der Waals surface area contributed by atoms with E-state index in [2.05, 4.69) is 36.8 Å². The van der Waals surface area contributed by atoms with Crippen LogP contribution in [-0.4, -0.2) is 24.2 Å². The number of hydrogen-bond acceptors (Lipinski definition) is 7. The highest BCUT2D eigenvalue weighted by Crippen LogP contribution is 2.37. The molecule has 13 heteroatoms. The lowest BCUT2D eigenvalue weighted by Gasteiger charge is -2.13. The van der Waals surface area contributed by atoms with Crippen LogP contribution < -0.4 is 20.2 Å². The van der Waals surface area contributed by atoms with Crippen molar-refractivity contribution in [2.24, 2.45) is 5.10 Å². The molecular weight excluding hydrogens is 616 g/mol. The van der Waals surface area contributed by atoms with Crippen LogP contribution in [0, 0.1) is 5.82 Å². The second-order valence-corrected chi connectivity index (χ2v) is 9.98. The first kappa shape index (κ1) is 29.0. The Balaban J connectivity index is 1.32. The van der Waals surface area contributed by atoms with Gasteiger partial charge in [-0.25, -0.2) is 14.8 Å². The molecule has 208 valence electrons. The third kappa shape index (κ3) is 8.02. The van der Waals surface area contributed by atoms with Crippen LogP contribution in [0.15, 0.2) is 75.6 Å². The van der Waals surface area contributed by atoms with Gasteiger partial charge in [0.2, 0.25) is 5.91 Å². The predicted molar refractivity (Wildman–Crippen MR) is 148 cm³/mol. The number of nitrogens with one attached hydrogen (secondary N) is 2. The molecule has 0 unspecified atom stereocenters. The Hall–Kier alpha value is -3.97. The largest absolute Gasteiger partial charge is 0.493 e. The van der Waals surface area contributed by atoms with Crippen molar-refractivity contribution < 1.29 is 31.8 Å². The Kier molecular flexibility index (Phi) is 9.38. The lowest BCUT2D eigenvalue weighted by atomic mass is 10.2. The van der Waals surface area contributed by atoms with Crippen LogP contribution in [0.4, 0.5) is 28.4 Å². The molecule has 1 aromatic heterocycles. The molecular formula is C27H21BrF4N4O3S. The number of aromatic nitrogens is 1. The number of amides is 1. The fraction of sp³-hybridized carbons (Fsp3) is 0.148. The van der Waals surface area contributed by atoms with Gasteiger partial charge >= 0.3 is 6.18 Å². The monoisotopic (exact) mass is 636 g/mol. The molecule has 0 aliphatic carbocycles. The molecule has 0 spiro atoms. The number of rotatable bonds is 10. The number of thiazole rings is 1. The first-order valence-corrected chi connectivity index (χ1v) is 13.2. The van der Waals surface area contributed by atoms with E-state index in [1.165, 1.54) is 37.6 Å². The maximum Gasteiger partial charge on any atom is 0.416 e. The van der Waals surface area contributed by atoms with Crippen molar-refractivity contribution in [2.75, 3.05) is 12.4 Å². The average molecular weight is 637 g/mol. The van der Waals surface area contributed by atoms with Gasteiger partial charge in [0.15, 0.2) is 16.6 Å². The van der Waals surface area contributed by atoms with Gasteiger partial charge in [0.25, 0.3) is 0 Å². The molecule has 0 aliphatic heterocycles. The number of hydrazone groups is 1. The van der Waals surface area contributed by atoms with Crippen molar-refractivity contribution in [3.05, 3.63) is 98.7 Å². The van der Waals surface area contributed by atoms with E-state index in [0.29, 0.717) is 37.9 Å². The number of alkyl halides is 3. The Bertz CT molecular complexity index is 1530. The van der Waals surface area contributed by atoms with Crippen LogP contribution in [0.1, 0.15) is 22.4 Å². The molecule has 0 radical (unpaired) electrons. The first-order chi connectivity index (χ1) is 19.1. The van der Waals surface area contributed by atoms with Crippen molar-refractivity contribution in [1.29, 1.82) is 0 Å². The van der Waals surface area contributed by atoms with Gasteiger partial charge in [-0.2, -0.15) is 18.3 Å². The second-order valence-electron chi connectivity index (χ2n) is 8.27. The summed E-state index contributed by atoms with van der Waals surface area (Å²) in [6.07, 6.45) is -3.12. The van der Waals surface area contributed by atoms with E-state index in [4.69, 9.17) is 9.47 Å². The number of hydrogen-bond donors (Lipinski definition) is 2. The molecule has 0 bridgehead atoms. The summed E-state index contributed by atoms with van der Waals surface area (Å²) in [5.74, 6) is 0.0314. The van der Waals surface area contributed by atoms with Gasteiger partial charge < -0.3 is 14.8 Å². The highest BCUT2D eigenvalue weighted by atomic mass is 79.9. The summed E-state index contributed by atoms with van der Waals surface area (Å²) in [6.45, 7) is 0.129. The highest BCUT2D eigenvalue weighted by Gasteiger charge is 2.30. The Labute approximate surface area is 239 Å². The number of carbonyl (C=O) groups is 1. The molecule has 0 aliphatic rings. The van der Waals surface area contributed by atoms with E-state index < -0.39 is 17.6 Å². The molecule has 4 aromatic rings. The zero-order valence-electron chi connectivity index (χ0n) is 20.8. The summed E-state index contributed by atoms with van der Waals surface area (Å²) in [7, 11) is 1.48. The van der Waals surface area contributed by atoms with Gasteiger partial charge in [0.05, 0.1) is 35.5 Å². The maximum atomic E-state index is 13.4. The average Bonchev–Trinajstić information content (AvgIpc) is 3.33. The van der Waals surface area contributed by atoms with E-state index in [-0.39, 0.29) is 24.5 Å². The van der Waals surface area contributed by atoms with Gasteiger partial charge in [0, 0.05) is 11.1 Å². The zero-order chi connectivity index (χ0) is 28.7. The normalized spacial score (nSPS) is 11.4. The molecule has 0 fully saturated rings. The van der Waals surface area contributed by atoms with Crippen LogP contribution in [0.5, 0.6) is 11.5 Å². The number of methoxy groups -OCH3 is 1. The molecule has 0 saturated carbocycles. The lowest BCUT2D eigenvalue weighted by molar-refractivity contribution is -0.137. The fourth-order valence-electron chi connectivity index (χ4n) is 3.46. The number of nitrogens with zero attached hydrogens (tertiary/aromatic N) is 2. The number of halogens is 5. The summed E-state index contributed by atoms with van der Waals surface area (Å²) < 4.78 is 64.0. The van der Waals surface area contributed by atoms with Crippen molar-refractivity contribution in [1.82, 2.24) is 10.4 Å². The number of carbonyl (C=O) groups excluding carboxylic acids is 1. The van der Waals surface area contributed by atoms with E-state index in [1.807, 2.05) is 0 Å². The van der Waals surface area contributed by atoms with Gasteiger partial charge in [-0.15, -0.1) is 11.3 Å². The summed E-state index contributed by atoms with van der Waals surface area (Å²) in [6, 6.07) is 14.2. The molecule has 0 saturated heterocycles. The second kappa shape index (κ2) is 12.9. The number of anilines is 2. The van der Waals surface area contributed by atoms with Crippen molar-refractivity contribution in [3.8, 4) is 11.5 Å². The van der Waals surface area contributed by atoms with Crippen LogP contribution in [0.25, 0.3) is 0 Å². The molecule has 7 nitrogen and oxygen atoms in total. The van der Waals surface area contributed by atoms with E-state index in [0.717, 1.165) is 23.5 Å². The topological polar surface area (TPSA) is 84.8 Å². The molecule has 3 aromatic carbocycles. The van der Waals surface area contributed by atoms with E-state index in [1.54, 1.807) is 29.6 Å². The number of benzene rings is 3. The fourth-order valence-corrected chi connectivity index (χ4v) is 4.77. The molecule has 2 N–H and O–H groups in total. The number of ether oxygens (including phenoxy) is 2. The SMILES string of the molecule is COc1cc(/C=N\NC(=O)Cc2csc(Nc3cccc(C(F)(F)F)c3)n2)cc(Br)c1OCc1cccc(F)c1. The lowest BCUT2D eigenvalue weighted by Crippen LogP contribution is -2.20. The van der Waals surface area contributed by atoms with Gasteiger partial charge in [-0.05, 0) is 69.5 Å².